The Bertz CT molecular complexity index is 748. The second kappa shape index (κ2) is 9.66. The predicted molar refractivity (Wildman–Crippen MR) is 96.7 cm³/mol. The number of aliphatic imine (C=N–C) groups is 1. The minimum atomic E-state index is -1.24. The smallest absolute Gasteiger partial charge is 0.407 e. The summed E-state index contributed by atoms with van der Waals surface area (Å²) in [5, 5.41) is 25.0. The molecule has 0 saturated heterocycles. The highest BCUT2D eigenvalue weighted by Gasteiger charge is 2.21. The molecule has 0 saturated carbocycles. The maximum absolute atomic E-state index is 11.7. The van der Waals surface area contributed by atoms with Crippen LogP contribution < -0.4 is 5.32 Å². The van der Waals surface area contributed by atoms with Crippen molar-refractivity contribution >= 4 is 29.2 Å². The predicted octanol–water partition coefficient (Wildman–Crippen LogP) is 2.74. The summed E-state index contributed by atoms with van der Waals surface area (Å²) >= 11 is 4.57. The molecule has 0 aromatic heterocycles. The van der Waals surface area contributed by atoms with E-state index in [4.69, 9.17) is 4.74 Å². The van der Waals surface area contributed by atoms with Crippen LogP contribution in [0.5, 0.6) is 0 Å². The molecule has 2 aromatic rings. The number of rotatable bonds is 7. The molecule has 0 heterocycles. The fourth-order valence-corrected chi connectivity index (χ4v) is 2.27. The number of benzene rings is 2. The van der Waals surface area contributed by atoms with E-state index in [9.17, 15) is 15.0 Å². The van der Waals surface area contributed by atoms with Gasteiger partial charge >= 0.3 is 6.09 Å². The minimum absolute atomic E-state index is 0.123. The van der Waals surface area contributed by atoms with Gasteiger partial charge in [-0.15, -0.1) is 0 Å². The Hall–Kier alpha value is -2.57. The first kappa shape index (κ1) is 18.8. The molecule has 0 aliphatic rings. The monoisotopic (exact) mass is 358 g/mol. The molecule has 0 fully saturated rings. The van der Waals surface area contributed by atoms with Gasteiger partial charge in [-0.25, -0.2) is 4.79 Å². The van der Waals surface area contributed by atoms with E-state index in [0.29, 0.717) is 11.3 Å². The van der Waals surface area contributed by atoms with Gasteiger partial charge in [-0.05, 0) is 23.8 Å². The lowest BCUT2D eigenvalue weighted by atomic mass is 10.0. The number of nitrogens with zero attached hydrogens (tertiary/aromatic N) is 1. The van der Waals surface area contributed by atoms with Crippen LogP contribution in [-0.2, 0) is 11.3 Å². The lowest BCUT2D eigenvalue weighted by Crippen LogP contribution is -2.35. The number of hydrogen-bond acceptors (Lipinski definition) is 6. The van der Waals surface area contributed by atoms with Crippen molar-refractivity contribution in [2.24, 2.45) is 4.99 Å². The van der Waals surface area contributed by atoms with Crippen molar-refractivity contribution in [1.82, 2.24) is 5.32 Å². The molecular weight excluding hydrogens is 340 g/mol. The van der Waals surface area contributed by atoms with Gasteiger partial charge in [0.1, 0.15) is 18.8 Å². The van der Waals surface area contributed by atoms with Crippen LogP contribution in [0.25, 0.3) is 0 Å². The largest absolute Gasteiger partial charge is 0.445 e. The summed E-state index contributed by atoms with van der Waals surface area (Å²) < 4.78 is 5.04. The molecule has 0 spiro atoms. The lowest BCUT2D eigenvalue weighted by molar-refractivity contribution is 0.0187. The molecule has 7 heteroatoms. The third kappa shape index (κ3) is 5.77. The van der Waals surface area contributed by atoms with Crippen LogP contribution in [0.3, 0.4) is 0 Å². The number of carbonyl (C=O) groups excluding carboxylic acids is 1. The van der Waals surface area contributed by atoms with E-state index in [1.165, 1.54) is 0 Å². The maximum Gasteiger partial charge on any atom is 0.407 e. The Morgan fingerprint density at radius 3 is 2.56 bits per heavy atom. The van der Waals surface area contributed by atoms with E-state index in [0.717, 1.165) is 5.56 Å². The number of nitrogens with one attached hydrogen (secondary N) is 1. The lowest BCUT2D eigenvalue weighted by Gasteiger charge is -2.19. The number of hydrogen-bond donors (Lipinski definition) is 3. The fourth-order valence-electron chi connectivity index (χ4n) is 2.17. The molecular formula is C18H18N2O4S. The zero-order valence-corrected chi connectivity index (χ0v) is 14.1. The molecule has 0 aliphatic heterocycles. The summed E-state index contributed by atoms with van der Waals surface area (Å²) in [7, 11) is 0. The average Bonchev–Trinajstić information content (AvgIpc) is 2.65. The second-order valence-electron chi connectivity index (χ2n) is 5.22. The van der Waals surface area contributed by atoms with Crippen molar-refractivity contribution in [2.75, 3.05) is 6.54 Å². The second-order valence-corrected chi connectivity index (χ2v) is 5.40. The van der Waals surface area contributed by atoms with Crippen LogP contribution in [0.1, 0.15) is 17.2 Å². The van der Waals surface area contributed by atoms with E-state index in [1.807, 2.05) is 30.3 Å². The molecule has 0 aliphatic carbocycles. The van der Waals surface area contributed by atoms with Gasteiger partial charge in [0, 0.05) is 12.1 Å². The SMILES string of the molecule is O=C(NCC(O)C(O)c1ccccc1N=C=S)OCc1ccccc1. The van der Waals surface area contributed by atoms with Gasteiger partial charge in [0.2, 0.25) is 0 Å². The zero-order chi connectivity index (χ0) is 18.1. The number of amides is 1. The molecule has 130 valence electrons. The van der Waals surface area contributed by atoms with Crippen LogP contribution in [0.2, 0.25) is 0 Å². The number of alkyl carbamates (subject to hydrolysis) is 1. The average molecular weight is 358 g/mol. The summed E-state index contributed by atoms with van der Waals surface area (Å²) in [6.45, 7) is -0.0536. The van der Waals surface area contributed by atoms with Gasteiger partial charge in [-0.1, -0.05) is 48.5 Å². The molecule has 2 aromatic carbocycles. The van der Waals surface area contributed by atoms with Crippen molar-refractivity contribution in [1.29, 1.82) is 0 Å². The van der Waals surface area contributed by atoms with E-state index in [-0.39, 0.29) is 13.2 Å². The highest BCUT2D eigenvalue weighted by molar-refractivity contribution is 7.78. The van der Waals surface area contributed by atoms with Crippen molar-refractivity contribution in [3.63, 3.8) is 0 Å². The van der Waals surface area contributed by atoms with Gasteiger partial charge < -0.3 is 20.3 Å². The number of para-hydroxylation sites is 1. The van der Waals surface area contributed by atoms with E-state index in [2.05, 4.69) is 27.7 Å². The Balaban J connectivity index is 1.86. The highest BCUT2D eigenvalue weighted by Crippen LogP contribution is 2.27. The summed E-state index contributed by atoms with van der Waals surface area (Å²) in [4.78, 5) is 15.5. The molecule has 1 amide bonds. The molecule has 6 nitrogen and oxygen atoms in total. The Morgan fingerprint density at radius 2 is 1.84 bits per heavy atom. The van der Waals surface area contributed by atoms with Gasteiger partial charge in [-0.3, -0.25) is 0 Å². The molecule has 0 bridgehead atoms. The fraction of sp³-hybridized carbons (Fsp3) is 0.222. The minimum Gasteiger partial charge on any atom is -0.445 e. The topological polar surface area (TPSA) is 91.2 Å². The summed E-state index contributed by atoms with van der Waals surface area (Å²) in [6.07, 6.45) is -3.15. The maximum atomic E-state index is 11.7. The van der Waals surface area contributed by atoms with Crippen LogP contribution in [0.4, 0.5) is 10.5 Å². The van der Waals surface area contributed by atoms with E-state index >= 15 is 0 Å². The molecule has 2 atom stereocenters. The van der Waals surface area contributed by atoms with E-state index < -0.39 is 18.3 Å². The van der Waals surface area contributed by atoms with Crippen molar-refractivity contribution in [3.8, 4) is 0 Å². The molecule has 3 N–H and O–H groups in total. The number of isothiocyanates is 1. The Morgan fingerprint density at radius 1 is 1.16 bits per heavy atom. The number of aliphatic hydroxyl groups is 2. The van der Waals surface area contributed by atoms with Gasteiger partial charge in [-0.2, -0.15) is 4.99 Å². The first-order valence-corrected chi connectivity index (χ1v) is 8.00. The number of thiocarbonyl (C=S) groups is 1. The summed E-state index contributed by atoms with van der Waals surface area (Å²) in [5.41, 5.74) is 1.66. The third-order valence-corrected chi connectivity index (χ3v) is 3.55. The first-order valence-electron chi connectivity index (χ1n) is 7.59. The van der Waals surface area contributed by atoms with Crippen LogP contribution >= 0.6 is 12.2 Å². The molecule has 25 heavy (non-hydrogen) atoms. The van der Waals surface area contributed by atoms with Gasteiger partial charge in [0.05, 0.1) is 10.8 Å². The normalized spacial score (nSPS) is 12.6. The van der Waals surface area contributed by atoms with Crippen LogP contribution in [0.15, 0.2) is 59.6 Å². The van der Waals surface area contributed by atoms with E-state index in [1.54, 1.807) is 24.3 Å². The summed E-state index contributed by atoms with van der Waals surface area (Å²) in [6, 6.07) is 15.9. The quantitative estimate of drug-likeness (QED) is 0.523. The number of aliphatic hydroxyl groups excluding tert-OH is 2. The van der Waals surface area contributed by atoms with Crippen molar-refractivity contribution < 1.29 is 19.7 Å². The summed E-state index contributed by atoms with van der Waals surface area (Å²) in [5.74, 6) is 0. The first-order chi connectivity index (χ1) is 12.1. The van der Waals surface area contributed by atoms with Crippen molar-refractivity contribution in [2.45, 2.75) is 18.8 Å². The molecule has 0 radical (unpaired) electrons. The Labute approximate surface area is 150 Å². The molecule has 2 unspecified atom stereocenters. The Kier molecular flexibility index (Phi) is 7.25. The zero-order valence-electron chi connectivity index (χ0n) is 13.3. The van der Waals surface area contributed by atoms with Crippen molar-refractivity contribution in [3.05, 3.63) is 65.7 Å². The van der Waals surface area contributed by atoms with Gasteiger partial charge in [0.15, 0.2) is 0 Å². The highest BCUT2D eigenvalue weighted by atomic mass is 32.1. The van der Waals surface area contributed by atoms with Gasteiger partial charge in [0.25, 0.3) is 0 Å². The van der Waals surface area contributed by atoms with Crippen LogP contribution in [-0.4, -0.2) is 34.1 Å². The number of ether oxygens (including phenoxy) is 1. The van der Waals surface area contributed by atoms with Crippen LogP contribution in [0, 0.1) is 0 Å². The third-order valence-electron chi connectivity index (χ3n) is 3.45. The molecule has 2 rings (SSSR count). The standard InChI is InChI=1S/C18H18N2O4S/c21-16(17(22)14-8-4-5-9-15(14)20-12-25)10-19-18(23)24-11-13-6-2-1-3-7-13/h1-9,16-17,21-22H,10-11H2,(H,19,23). The number of carbonyl (C=O) groups is 1.